The van der Waals surface area contributed by atoms with Crippen LogP contribution in [0.3, 0.4) is 0 Å². The number of carbonyl (C=O) groups is 1. The van der Waals surface area contributed by atoms with Gasteiger partial charge < -0.3 is 9.84 Å². The van der Waals surface area contributed by atoms with Gasteiger partial charge in [-0.25, -0.2) is 4.39 Å². The van der Waals surface area contributed by atoms with E-state index in [0.29, 0.717) is 17.9 Å². The fourth-order valence-corrected chi connectivity index (χ4v) is 2.21. The number of rotatable bonds is 5. The lowest BCUT2D eigenvalue weighted by molar-refractivity contribution is -0.140. The Morgan fingerprint density at radius 3 is 3.00 bits per heavy atom. The zero-order chi connectivity index (χ0) is 14.1. The third kappa shape index (κ3) is 5.77. The predicted octanol–water partition coefficient (Wildman–Crippen LogP) is 1.97. The number of aliphatic hydroxyl groups excluding tert-OH is 1. The van der Waals surface area contributed by atoms with Crippen LogP contribution in [0.2, 0.25) is 0 Å². The number of benzene rings is 1. The first-order chi connectivity index (χ1) is 9.17. The van der Waals surface area contributed by atoms with Crippen molar-refractivity contribution in [3.63, 3.8) is 0 Å². The van der Waals surface area contributed by atoms with Crippen LogP contribution in [0, 0.1) is 17.7 Å². The van der Waals surface area contributed by atoms with Crippen LogP contribution in [0.1, 0.15) is 17.5 Å². The van der Waals surface area contributed by atoms with Crippen molar-refractivity contribution in [3.8, 4) is 11.8 Å². The van der Waals surface area contributed by atoms with E-state index in [1.165, 1.54) is 13.2 Å². The molecule has 1 N–H and O–H groups in total. The SMILES string of the molecule is COC(=O)CCSCc1ccc(F)c(C#CCO)c1. The maximum atomic E-state index is 13.4. The second kappa shape index (κ2) is 8.57. The van der Waals surface area contributed by atoms with Gasteiger partial charge in [-0.2, -0.15) is 11.8 Å². The average Bonchev–Trinajstić information content (AvgIpc) is 2.43. The van der Waals surface area contributed by atoms with Crippen molar-refractivity contribution in [3.05, 3.63) is 35.1 Å². The van der Waals surface area contributed by atoms with Gasteiger partial charge in [0.1, 0.15) is 12.4 Å². The summed E-state index contributed by atoms with van der Waals surface area (Å²) in [6, 6.07) is 4.70. The van der Waals surface area contributed by atoms with Crippen LogP contribution in [0.5, 0.6) is 0 Å². The van der Waals surface area contributed by atoms with Gasteiger partial charge in [0.25, 0.3) is 0 Å². The molecule has 0 atom stereocenters. The topological polar surface area (TPSA) is 46.5 Å². The molecule has 0 heterocycles. The van der Waals surface area contributed by atoms with E-state index in [1.54, 1.807) is 23.9 Å². The molecule has 1 aromatic rings. The summed E-state index contributed by atoms with van der Waals surface area (Å²) in [5.41, 5.74) is 1.21. The standard InChI is InChI=1S/C14H15FO3S/c1-18-14(17)6-8-19-10-11-4-5-13(15)12(9-11)3-2-7-16/h4-5,9,16H,6-8,10H2,1H3. The molecule has 0 radical (unpaired) electrons. The number of thioether (sulfide) groups is 1. The largest absolute Gasteiger partial charge is 0.469 e. The second-order valence-electron chi connectivity index (χ2n) is 3.65. The van der Waals surface area contributed by atoms with Crippen molar-refractivity contribution in [1.82, 2.24) is 0 Å². The van der Waals surface area contributed by atoms with E-state index in [0.717, 1.165) is 5.56 Å². The Kier molecular flexibility index (Phi) is 7.01. The molecule has 0 bridgehead atoms. The molecule has 1 aromatic carbocycles. The number of halogens is 1. The van der Waals surface area contributed by atoms with Gasteiger partial charge in [-0.1, -0.05) is 17.9 Å². The highest BCUT2D eigenvalue weighted by Gasteiger charge is 2.03. The van der Waals surface area contributed by atoms with E-state index in [1.807, 2.05) is 0 Å². The zero-order valence-corrected chi connectivity index (χ0v) is 11.4. The van der Waals surface area contributed by atoms with Crippen LogP contribution in [-0.2, 0) is 15.3 Å². The summed E-state index contributed by atoms with van der Waals surface area (Å²) in [5.74, 6) is 5.67. The summed E-state index contributed by atoms with van der Waals surface area (Å²) in [6.45, 7) is -0.294. The maximum Gasteiger partial charge on any atom is 0.306 e. The molecule has 0 unspecified atom stereocenters. The van der Waals surface area contributed by atoms with Crippen LogP contribution in [0.4, 0.5) is 4.39 Å². The van der Waals surface area contributed by atoms with Gasteiger partial charge >= 0.3 is 5.97 Å². The molecule has 0 aliphatic rings. The Balaban J connectivity index is 2.52. The molecule has 0 spiro atoms. The van der Waals surface area contributed by atoms with Crippen molar-refractivity contribution in [2.75, 3.05) is 19.5 Å². The fraction of sp³-hybridized carbons (Fsp3) is 0.357. The highest BCUT2D eigenvalue weighted by atomic mass is 32.2. The molecule has 0 saturated heterocycles. The van der Waals surface area contributed by atoms with Crippen LogP contribution < -0.4 is 0 Å². The van der Waals surface area contributed by atoms with Crippen LogP contribution in [-0.4, -0.2) is 30.5 Å². The molecule has 0 aliphatic carbocycles. The maximum absolute atomic E-state index is 13.4. The fourth-order valence-electron chi connectivity index (χ4n) is 1.34. The Hall–Kier alpha value is -1.51. The first kappa shape index (κ1) is 15.5. The highest BCUT2D eigenvalue weighted by molar-refractivity contribution is 7.98. The van der Waals surface area contributed by atoms with Crippen molar-refractivity contribution >= 4 is 17.7 Å². The molecule has 102 valence electrons. The zero-order valence-electron chi connectivity index (χ0n) is 10.6. The molecule has 0 aromatic heterocycles. The van der Waals surface area contributed by atoms with E-state index in [-0.39, 0.29) is 18.1 Å². The number of hydrogen-bond donors (Lipinski definition) is 1. The number of methoxy groups -OCH3 is 1. The monoisotopic (exact) mass is 282 g/mol. The summed E-state index contributed by atoms with van der Waals surface area (Å²) in [6.07, 6.45) is 0.361. The van der Waals surface area contributed by atoms with E-state index in [9.17, 15) is 9.18 Å². The van der Waals surface area contributed by atoms with E-state index in [4.69, 9.17) is 5.11 Å². The quantitative estimate of drug-likeness (QED) is 0.509. The molecule has 1 rings (SSSR count). The number of aliphatic hydroxyl groups is 1. The molecule has 0 saturated carbocycles. The highest BCUT2D eigenvalue weighted by Crippen LogP contribution is 2.16. The molecule has 0 amide bonds. The van der Waals surface area contributed by atoms with Crippen LogP contribution in [0.15, 0.2) is 18.2 Å². The number of hydrogen-bond acceptors (Lipinski definition) is 4. The summed E-state index contributed by atoms with van der Waals surface area (Å²) >= 11 is 1.57. The number of esters is 1. The lowest BCUT2D eigenvalue weighted by Crippen LogP contribution is -2.01. The normalized spacial score (nSPS) is 9.63. The first-order valence-electron chi connectivity index (χ1n) is 5.70. The van der Waals surface area contributed by atoms with Crippen molar-refractivity contribution in [1.29, 1.82) is 0 Å². The van der Waals surface area contributed by atoms with Crippen LogP contribution in [0.25, 0.3) is 0 Å². The first-order valence-corrected chi connectivity index (χ1v) is 6.85. The molecular formula is C14H15FO3S. The van der Waals surface area contributed by atoms with Gasteiger partial charge in [0.05, 0.1) is 19.1 Å². The van der Waals surface area contributed by atoms with Gasteiger partial charge in [-0.05, 0) is 17.7 Å². The lowest BCUT2D eigenvalue weighted by atomic mass is 10.1. The van der Waals surface area contributed by atoms with Crippen molar-refractivity contribution in [2.24, 2.45) is 0 Å². The molecule has 3 nitrogen and oxygen atoms in total. The summed E-state index contributed by atoms with van der Waals surface area (Å²) in [4.78, 5) is 10.9. The Labute approximate surface area is 116 Å². The number of carbonyl (C=O) groups excluding carboxylic acids is 1. The summed E-state index contributed by atoms with van der Waals surface area (Å²) in [7, 11) is 1.36. The third-order valence-corrected chi connectivity index (χ3v) is 3.31. The summed E-state index contributed by atoms with van der Waals surface area (Å²) < 4.78 is 17.9. The Morgan fingerprint density at radius 2 is 2.32 bits per heavy atom. The van der Waals surface area contributed by atoms with E-state index >= 15 is 0 Å². The van der Waals surface area contributed by atoms with Gasteiger partial charge in [0.2, 0.25) is 0 Å². The molecular weight excluding hydrogens is 267 g/mol. The van der Waals surface area contributed by atoms with Crippen molar-refractivity contribution < 1.29 is 19.0 Å². The Morgan fingerprint density at radius 1 is 1.53 bits per heavy atom. The Bertz CT molecular complexity index is 491. The number of ether oxygens (including phenoxy) is 1. The average molecular weight is 282 g/mol. The predicted molar refractivity (Wildman–Crippen MR) is 73.2 cm³/mol. The van der Waals surface area contributed by atoms with Gasteiger partial charge in [0.15, 0.2) is 0 Å². The lowest BCUT2D eigenvalue weighted by Gasteiger charge is -2.03. The molecule has 5 heteroatoms. The van der Waals surface area contributed by atoms with E-state index < -0.39 is 5.82 Å². The summed E-state index contributed by atoms with van der Waals surface area (Å²) in [5, 5.41) is 8.59. The minimum atomic E-state index is -0.399. The van der Waals surface area contributed by atoms with Crippen LogP contribution >= 0.6 is 11.8 Å². The molecule has 19 heavy (non-hydrogen) atoms. The smallest absolute Gasteiger partial charge is 0.306 e. The minimum absolute atomic E-state index is 0.235. The minimum Gasteiger partial charge on any atom is -0.469 e. The third-order valence-electron chi connectivity index (χ3n) is 2.28. The molecule has 0 fully saturated rings. The molecule has 0 aliphatic heterocycles. The van der Waals surface area contributed by atoms with Gasteiger partial charge in [0, 0.05) is 11.5 Å². The van der Waals surface area contributed by atoms with Gasteiger partial charge in [-0.3, -0.25) is 4.79 Å². The second-order valence-corrected chi connectivity index (χ2v) is 4.76. The van der Waals surface area contributed by atoms with Gasteiger partial charge in [-0.15, -0.1) is 0 Å². The van der Waals surface area contributed by atoms with Crippen molar-refractivity contribution in [2.45, 2.75) is 12.2 Å². The van der Waals surface area contributed by atoms with E-state index in [2.05, 4.69) is 16.6 Å².